The number of benzene rings is 1. The Bertz CT molecular complexity index is 686. The van der Waals surface area contributed by atoms with Crippen molar-refractivity contribution in [2.75, 3.05) is 13.1 Å². The minimum Gasteiger partial charge on any atom is -0.372 e. The number of carbonyl (C=O) groups is 1. The first-order chi connectivity index (χ1) is 11.6. The van der Waals surface area contributed by atoms with Gasteiger partial charge in [0.2, 0.25) is 0 Å². The quantitative estimate of drug-likeness (QED) is 0.867. The van der Waals surface area contributed by atoms with Crippen LogP contribution in [0.15, 0.2) is 36.5 Å². The molecule has 2 heterocycles. The number of nitrogens with zero attached hydrogens (tertiary/aromatic N) is 3. The highest BCUT2D eigenvalue weighted by Crippen LogP contribution is 2.20. The van der Waals surface area contributed by atoms with Crippen LogP contribution in [0.1, 0.15) is 43.2 Å². The maximum absolute atomic E-state index is 13.0. The van der Waals surface area contributed by atoms with E-state index in [9.17, 15) is 4.79 Å². The third-order valence-corrected chi connectivity index (χ3v) is 4.29. The zero-order valence-corrected chi connectivity index (χ0v) is 14.6. The van der Waals surface area contributed by atoms with Crippen LogP contribution in [-0.2, 0) is 11.2 Å². The molecule has 1 aromatic heterocycles. The molecule has 0 radical (unpaired) electrons. The summed E-state index contributed by atoms with van der Waals surface area (Å²) in [5.74, 6) is 0.0580. The smallest absolute Gasteiger partial charge is 0.257 e. The number of para-hydroxylation sites is 1. The molecule has 5 nitrogen and oxygen atoms in total. The molecule has 0 saturated carbocycles. The van der Waals surface area contributed by atoms with Crippen molar-refractivity contribution in [2.24, 2.45) is 0 Å². The maximum Gasteiger partial charge on any atom is 0.257 e. The average Bonchev–Trinajstić information content (AvgIpc) is 2.98. The molecule has 3 rings (SSSR count). The standard InChI is InChI=1S/C19H25N3O2/c1-4-8-18-17(11-20-22(18)16-9-6-5-7-10-16)19(23)21-12-14(2)24-15(3)13-21/h5-7,9-11,14-15H,4,8,12-13H2,1-3H3/t14-,15+. The Kier molecular flexibility index (Phi) is 5.00. The van der Waals surface area contributed by atoms with Crippen molar-refractivity contribution in [3.05, 3.63) is 47.8 Å². The van der Waals surface area contributed by atoms with Crippen LogP contribution in [-0.4, -0.2) is 45.9 Å². The van der Waals surface area contributed by atoms with Crippen molar-refractivity contribution in [2.45, 2.75) is 45.8 Å². The van der Waals surface area contributed by atoms with Crippen molar-refractivity contribution in [1.29, 1.82) is 0 Å². The summed E-state index contributed by atoms with van der Waals surface area (Å²) in [4.78, 5) is 14.9. The van der Waals surface area contributed by atoms with Gasteiger partial charge in [-0.3, -0.25) is 4.79 Å². The van der Waals surface area contributed by atoms with E-state index >= 15 is 0 Å². The molecule has 0 spiro atoms. The zero-order valence-electron chi connectivity index (χ0n) is 14.6. The topological polar surface area (TPSA) is 47.4 Å². The fraction of sp³-hybridized carbons (Fsp3) is 0.474. The Morgan fingerprint density at radius 1 is 1.21 bits per heavy atom. The highest BCUT2D eigenvalue weighted by Gasteiger charge is 2.29. The average molecular weight is 327 g/mol. The molecular formula is C19H25N3O2. The van der Waals surface area contributed by atoms with E-state index in [1.807, 2.05) is 53.8 Å². The molecule has 0 aliphatic carbocycles. The minimum atomic E-state index is 0.0580. The monoisotopic (exact) mass is 327 g/mol. The van der Waals surface area contributed by atoms with Gasteiger partial charge in [0, 0.05) is 13.1 Å². The lowest BCUT2D eigenvalue weighted by atomic mass is 10.1. The first kappa shape index (κ1) is 16.7. The number of amides is 1. The summed E-state index contributed by atoms with van der Waals surface area (Å²) in [7, 11) is 0. The summed E-state index contributed by atoms with van der Waals surface area (Å²) in [5.41, 5.74) is 2.69. The van der Waals surface area contributed by atoms with E-state index in [2.05, 4.69) is 12.0 Å². The number of hydrogen-bond donors (Lipinski definition) is 0. The molecule has 1 fully saturated rings. The molecule has 0 unspecified atom stereocenters. The summed E-state index contributed by atoms with van der Waals surface area (Å²) in [6, 6.07) is 9.98. The minimum absolute atomic E-state index is 0.0580. The van der Waals surface area contributed by atoms with Crippen LogP contribution in [0.25, 0.3) is 5.69 Å². The van der Waals surface area contributed by atoms with Crippen molar-refractivity contribution >= 4 is 5.91 Å². The molecule has 0 N–H and O–H groups in total. The van der Waals surface area contributed by atoms with E-state index in [0.29, 0.717) is 18.7 Å². The van der Waals surface area contributed by atoms with Crippen LogP contribution in [0.5, 0.6) is 0 Å². The number of carbonyl (C=O) groups excluding carboxylic acids is 1. The van der Waals surface area contributed by atoms with E-state index in [-0.39, 0.29) is 18.1 Å². The molecule has 1 aliphatic rings. The molecule has 0 bridgehead atoms. The summed E-state index contributed by atoms with van der Waals surface area (Å²) in [5, 5.41) is 4.50. The highest BCUT2D eigenvalue weighted by molar-refractivity contribution is 5.95. The Balaban J connectivity index is 1.93. The summed E-state index contributed by atoms with van der Waals surface area (Å²) < 4.78 is 7.63. The van der Waals surface area contributed by atoms with Crippen LogP contribution in [0, 0.1) is 0 Å². The fourth-order valence-electron chi connectivity index (χ4n) is 3.34. The van der Waals surface area contributed by atoms with Gasteiger partial charge >= 0.3 is 0 Å². The van der Waals surface area contributed by atoms with E-state index in [1.54, 1.807) is 6.20 Å². The zero-order chi connectivity index (χ0) is 17.1. The molecule has 2 atom stereocenters. The lowest BCUT2D eigenvalue weighted by Crippen LogP contribution is -2.48. The van der Waals surface area contributed by atoms with E-state index in [4.69, 9.17) is 4.74 Å². The first-order valence-electron chi connectivity index (χ1n) is 8.67. The second-order valence-electron chi connectivity index (χ2n) is 6.47. The van der Waals surface area contributed by atoms with Crippen molar-refractivity contribution in [1.82, 2.24) is 14.7 Å². The van der Waals surface area contributed by atoms with Crippen molar-refractivity contribution in [3.63, 3.8) is 0 Å². The maximum atomic E-state index is 13.0. The van der Waals surface area contributed by atoms with Crippen LogP contribution in [0.4, 0.5) is 0 Å². The third-order valence-electron chi connectivity index (χ3n) is 4.29. The number of morpholine rings is 1. The van der Waals surface area contributed by atoms with Gasteiger partial charge in [0.05, 0.1) is 35.3 Å². The van der Waals surface area contributed by atoms with E-state index < -0.39 is 0 Å². The van der Waals surface area contributed by atoms with Crippen LogP contribution in [0.3, 0.4) is 0 Å². The fourth-order valence-corrected chi connectivity index (χ4v) is 3.34. The Hall–Kier alpha value is -2.14. The molecule has 24 heavy (non-hydrogen) atoms. The van der Waals surface area contributed by atoms with Crippen molar-refractivity contribution < 1.29 is 9.53 Å². The molecular weight excluding hydrogens is 302 g/mol. The second-order valence-corrected chi connectivity index (χ2v) is 6.47. The summed E-state index contributed by atoms with van der Waals surface area (Å²) >= 11 is 0. The first-order valence-corrected chi connectivity index (χ1v) is 8.67. The predicted molar refractivity (Wildman–Crippen MR) is 93.5 cm³/mol. The van der Waals surface area contributed by atoms with Gasteiger partial charge in [-0.1, -0.05) is 31.5 Å². The highest BCUT2D eigenvalue weighted by atomic mass is 16.5. The Labute approximate surface area is 143 Å². The number of rotatable bonds is 4. The number of hydrogen-bond acceptors (Lipinski definition) is 3. The van der Waals surface area contributed by atoms with Gasteiger partial charge in [-0.05, 0) is 32.4 Å². The largest absolute Gasteiger partial charge is 0.372 e. The number of aromatic nitrogens is 2. The van der Waals surface area contributed by atoms with Crippen molar-refractivity contribution in [3.8, 4) is 5.69 Å². The molecule has 1 amide bonds. The van der Waals surface area contributed by atoms with Gasteiger partial charge in [-0.25, -0.2) is 4.68 Å². The van der Waals surface area contributed by atoms with Crippen LogP contribution in [0.2, 0.25) is 0 Å². The van der Waals surface area contributed by atoms with Crippen LogP contribution < -0.4 is 0 Å². The van der Waals surface area contributed by atoms with Gasteiger partial charge in [-0.2, -0.15) is 5.10 Å². The van der Waals surface area contributed by atoms with E-state index in [1.165, 1.54) is 0 Å². The normalized spacial score (nSPS) is 21.0. The molecule has 1 aromatic carbocycles. The van der Waals surface area contributed by atoms with Gasteiger partial charge in [0.25, 0.3) is 5.91 Å². The molecule has 128 valence electrons. The van der Waals surface area contributed by atoms with Gasteiger partial charge in [-0.15, -0.1) is 0 Å². The summed E-state index contributed by atoms with van der Waals surface area (Å²) in [6.45, 7) is 7.40. The molecule has 2 aromatic rings. The van der Waals surface area contributed by atoms with Gasteiger partial charge in [0.15, 0.2) is 0 Å². The SMILES string of the molecule is CCCc1c(C(=O)N2C[C@@H](C)O[C@@H](C)C2)cnn1-c1ccccc1. The second kappa shape index (κ2) is 7.18. The predicted octanol–water partition coefficient (Wildman–Crippen LogP) is 3.07. The Morgan fingerprint density at radius 2 is 1.88 bits per heavy atom. The Morgan fingerprint density at radius 3 is 2.50 bits per heavy atom. The van der Waals surface area contributed by atoms with Crippen LogP contribution >= 0.6 is 0 Å². The lowest BCUT2D eigenvalue weighted by molar-refractivity contribution is -0.0586. The van der Waals surface area contributed by atoms with E-state index in [0.717, 1.165) is 24.2 Å². The molecule has 1 aliphatic heterocycles. The van der Waals surface area contributed by atoms with Gasteiger partial charge < -0.3 is 9.64 Å². The van der Waals surface area contributed by atoms with Gasteiger partial charge in [0.1, 0.15) is 0 Å². The summed E-state index contributed by atoms with van der Waals surface area (Å²) in [6.07, 6.45) is 3.64. The molecule has 5 heteroatoms. The number of ether oxygens (including phenoxy) is 1. The third kappa shape index (κ3) is 3.36. The molecule has 1 saturated heterocycles. The lowest BCUT2D eigenvalue weighted by Gasteiger charge is -2.35.